The second-order valence-corrected chi connectivity index (χ2v) is 5.05. The summed E-state index contributed by atoms with van der Waals surface area (Å²) in [6.45, 7) is -0.563. The summed E-state index contributed by atoms with van der Waals surface area (Å²) >= 11 is 0. The van der Waals surface area contributed by atoms with Gasteiger partial charge in [-0.05, 0) is 18.2 Å². The molecule has 10 heteroatoms. The highest BCUT2D eigenvalue weighted by atomic mass is 127. The Labute approximate surface area is 166 Å². The maximum absolute atomic E-state index is 12.3. The highest BCUT2D eigenvalue weighted by Gasteiger charge is 2.29. The van der Waals surface area contributed by atoms with Gasteiger partial charge in [0, 0.05) is 38.3 Å². The monoisotopic (exact) mass is 484 g/mol. The van der Waals surface area contributed by atoms with Gasteiger partial charge in [0.15, 0.2) is 12.6 Å². The van der Waals surface area contributed by atoms with Crippen LogP contribution in [0.25, 0.3) is 0 Å². The molecule has 0 atom stereocenters. The fraction of sp³-hybridized carbons (Fsp3) is 0.375. The Morgan fingerprint density at radius 1 is 1.27 bits per heavy atom. The molecule has 0 radical (unpaired) electrons. The van der Waals surface area contributed by atoms with Crippen LogP contribution in [-0.2, 0) is 13.0 Å². The minimum Gasteiger partial charge on any atom is -0.469 e. The topological polar surface area (TPSA) is 71.7 Å². The van der Waals surface area contributed by atoms with Crippen LogP contribution in [0.1, 0.15) is 11.3 Å². The Morgan fingerprint density at radius 2 is 2.08 bits per heavy atom. The lowest BCUT2D eigenvalue weighted by atomic mass is 10.2. The molecule has 0 aliphatic carbocycles. The molecule has 0 fully saturated rings. The first-order valence-corrected chi connectivity index (χ1v) is 7.58. The van der Waals surface area contributed by atoms with Crippen LogP contribution in [0.3, 0.4) is 0 Å². The molecular weight excluding hydrogens is 464 g/mol. The standard InChI is InChI=1S/C16H19F3N4O2.HI/c1-20-15(22-8-6-13-5-3-9-24-13)23-10-12-4-2-7-21-14(12)25-11-16(17,18)19;/h2-5,7,9H,6,8,10-11H2,1H3,(H2,20,22,23);1H. The number of ether oxygens (including phenoxy) is 1. The van der Waals surface area contributed by atoms with Crippen LogP contribution in [0.2, 0.25) is 0 Å². The van der Waals surface area contributed by atoms with Gasteiger partial charge in [-0.25, -0.2) is 4.98 Å². The van der Waals surface area contributed by atoms with E-state index in [1.54, 1.807) is 25.4 Å². The SMILES string of the molecule is CN=C(NCCc1ccco1)NCc1cccnc1OCC(F)(F)F.I. The molecule has 0 aromatic carbocycles. The third kappa shape index (κ3) is 7.93. The van der Waals surface area contributed by atoms with E-state index < -0.39 is 12.8 Å². The number of rotatable bonds is 7. The van der Waals surface area contributed by atoms with Crippen molar-refractivity contribution in [2.24, 2.45) is 4.99 Å². The molecule has 2 aromatic rings. The maximum atomic E-state index is 12.3. The van der Waals surface area contributed by atoms with Gasteiger partial charge >= 0.3 is 6.18 Å². The van der Waals surface area contributed by atoms with E-state index in [1.165, 1.54) is 6.20 Å². The highest BCUT2D eigenvalue weighted by Crippen LogP contribution is 2.19. The Morgan fingerprint density at radius 3 is 2.73 bits per heavy atom. The number of aliphatic imine (C=N–C) groups is 1. The van der Waals surface area contributed by atoms with Gasteiger partial charge in [0.1, 0.15) is 5.76 Å². The first-order valence-electron chi connectivity index (χ1n) is 7.58. The van der Waals surface area contributed by atoms with Crippen molar-refractivity contribution in [3.63, 3.8) is 0 Å². The van der Waals surface area contributed by atoms with Crippen molar-refractivity contribution < 1.29 is 22.3 Å². The fourth-order valence-corrected chi connectivity index (χ4v) is 2.00. The predicted octanol–water partition coefficient (Wildman–Crippen LogP) is 3.14. The number of hydrogen-bond donors (Lipinski definition) is 2. The quantitative estimate of drug-likeness (QED) is 0.359. The van der Waals surface area contributed by atoms with Crippen LogP contribution in [0.15, 0.2) is 46.1 Å². The predicted molar refractivity (Wildman–Crippen MR) is 102 cm³/mol. The van der Waals surface area contributed by atoms with Crippen molar-refractivity contribution in [2.75, 3.05) is 20.2 Å². The summed E-state index contributed by atoms with van der Waals surface area (Å²) in [5, 5.41) is 6.10. The molecule has 0 amide bonds. The molecule has 0 aliphatic heterocycles. The number of guanidine groups is 1. The van der Waals surface area contributed by atoms with Crippen molar-refractivity contribution in [3.8, 4) is 5.88 Å². The van der Waals surface area contributed by atoms with Crippen molar-refractivity contribution in [1.82, 2.24) is 15.6 Å². The molecule has 0 unspecified atom stereocenters. The lowest BCUT2D eigenvalue weighted by Gasteiger charge is -2.14. The molecule has 0 saturated carbocycles. The second-order valence-electron chi connectivity index (χ2n) is 5.05. The van der Waals surface area contributed by atoms with E-state index in [0.717, 1.165) is 5.76 Å². The zero-order valence-electron chi connectivity index (χ0n) is 14.0. The van der Waals surface area contributed by atoms with E-state index in [-0.39, 0.29) is 36.4 Å². The van der Waals surface area contributed by atoms with Gasteiger partial charge in [0.25, 0.3) is 0 Å². The molecule has 2 N–H and O–H groups in total. The molecule has 0 spiro atoms. The third-order valence-corrected chi connectivity index (χ3v) is 3.14. The lowest BCUT2D eigenvalue weighted by Crippen LogP contribution is -2.38. The fourth-order valence-electron chi connectivity index (χ4n) is 2.00. The molecule has 26 heavy (non-hydrogen) atoms. The Hall–Kier alpha value is -1.98. The number of hydrogen-bond acceptors (Lipinski definition) is 4. The number of nitrogens with zero attached hydrogens (tertiary/aromatic N) is 2. The molecule has 2 aromatic heterocycles. The van der Waals surface area contributed by atoms with E-state index >= 15 is 0 Å². The number of aromatic nitrogens is 1. The summed E-state index contributed by atoms with van der Waals surface area (Å²) in [6, 6.07) is 6.96. The van der Waals surface area contributed by atoms with Crippen LogP contribution >= 0.6 is 24.0 Å². The number of pyridine rings is 1. The van der Waals surface area contributed by atoms with Gasteiger partial charge in [0.05, 0.1) is 6.26 Å². The molecule has 0 saturated heterocycles. The summed E-state index contributed by atoms with van der Waals surface area (Å²) in [7, 11) is 1.60. The zero-order chi connectivity index (χ0) is 18.1. The average Bonchev–Trinajstić information content (AvgIpc) is 3.09. The summed E-state index contributed by atoms with van der Waals surface area (Å²) in [4.78, 5) is 7.91. The van der Waals surface area contributed by atoms with Gasteiger partial charge in [-0.2, -0.15) is 13.2 Å². The first-order chi connectivity index (χ1) is 12.0. The second kappa shape index (κ2) is 10.9. The van der Waals surface area contributed by atoms with Crippen LogP contribution in [0, 0.1) is 0 Å². The molecule has 2 heterocycles. The Kier molecular flexibility index (Phi) is 9.24. The average molecular weight is 484 g/mol. The zero-order valence-corrected chi connectivity index (χ0v) is 16.4. The van der Waals surface area contributed by atoms with E-state index in [9.17, 15) is 13.2 Å². The van der Waals surface area contributed by atoms with Gasteiger partial charge in [0.2, 0.25) is 5.88 Å². The normalized spacial score (nSPS) is 11.6. The largest absolute Gasteiger partial charge is 0.469 e. The summed E-state index contributed by atoms with van der Waals surface area (Å²) < 4.78 is 46.9. The molecule has 6 nitrogen and oxygen atoms in total. The minimum atomic E-state index is -4.41. The molecular formula is C16H20F3IN4O2. The van der Waals surface area contributed by atoms with E-state index in [1.807, 2.05) is 12.1 Å². The van der Waals surface area contributed by atoms with Crippen LogP contribution in [0.5, 0.6) is 5.88 Å². The number of furan rings is 1. The summed E-state index contributed by atoms with van der Waals surface area (Å²) in [5.41, 5.74) is 0.501. The molecule has 144 valence electrons. The van der Waals surface area contributed by atoms with Gasteiger partial charge in [-0.1, -0.05) is 6.07 Å². The van der Waals surface area contributed by atoms with Gasteiger partial charge in [-0.3, -0.25) is 4.99 Å². The summed E-state index contributed by atoms with van der Waals surface area (Å²) in [5.74, 6) is 1.30. The van der Waals surface area contributed by atoms with Gasteiger partial charge in [-0.15, -0.1) is 24.0 Å². The third-order valence-electron chi connectivity index (χ3n) is 3.14. The number of alkyl halides is 3. The van der Waals surface area contributed by atoms with E-state index in [0.29, 0.717) is 24.5 Å². The smallest absolute Gasteiger partial charge is 0.422 e. The van der Waals surface area contributed by atoms with E-state index in [2.05, 4.69) is 20.6 Å². The summed E-state index contributed by atoms with van der Waals surface area (Å²) in [6.07, 6.45) is -0.745. The highest BCUT2D eigenvalue weighted by molar-refractivity contribution is 14.0. The van der Waals surface area contributed by atoms with Crippen LogP contribution in [-0.4, -0.2) is 37.3 Å². The lowest BCUT2D eigenvalue weighted by molar-refractivity contribution is -0.154. The van der Waals surface area contributed by atoms with Crippen molar-refractivity contribution in [3.05, 3.63) is 48.0 Å². The maximum Gasteiger partial charge on any atom is 0.422 e. The number of nitrogens with one attached hydrogen (secondary N) is 2. The van der Waals surface area contributed by atoms with Crippen LogP contribution < -0.4 is 15.4 Å². The van der Waals surface area contributed by atoms with Crippen molar-refractivity contribution in [2.45, 2.75) is 19.1 Å². The number of halogens is 4. The molecule has 2 rings (SSSR count). The van der Waals surface area contributed by atoms with E-state index in [4.69, 9.17) is 9.15 Å². The minimum absolute atomic E-state index is 0. The van der Waals surface area contributed by atoms with Gasteiger partial charge < -0.3 is 19.8 Å². The Bertz CT molecular complexity index is 678. The van der Waals surface area contributed by atoms with Crippen molar-refractivity contribution in [1.29, 1.82) is 0 Å². The van der Waals surface area contributed by atoms with Crippen LogP contribution in [0.4, 0.5) is 13.2 Å². The Balaban J connectivity index is 0.00000338. The first kappa shape index (κ1) is 22.1. The molecule has 0 bridgehead atoms. The van der Waals surface area contributed by atoms with Crippen molar-refractivity contribution >= 4 is 29.9 Å². The molecule has 0 aliphatic rings.